The maximum Gasteiger partial charge on any atom is 0.264 e. The molecular weight excluding hydrogens is 348 g/mol. The van der Waals surface area contributed by atoms with Crippen molar-refractivity contribution in [2.24, 2.45) is 15.9 Å². The number of allylic oxidation sites excluding steroid dienone is 2. The molecule has 1 aliphatic carbocycles. The van der Waals surface area contributed by atoms with E-state index in [-0.39, 0.29) is 19.1 Å². The Morgan fingerprint density at radius 1 is 1.07 bits per heavy atom. The molecule has 3 rings (SSSR count). The van der Waals surface area contributed by atoms with Crippen molar-refractivity contribution in [3.05, 3.63) is 52.5 Å². The number of hydrogen-bond donors (Lipinski definition) is 1. The van der Waals surface area contributed by atoms with Crippen LogP contribution in [0, 0.1) is 19.8 Å². The maximum absolute atomic E-state index is 12.6. The van der Waals surface area contributed by atoms with Crippen molar-refractivity contribution in [3.8, 4) is 5.75 Å². The zero-order valence-corrected chi connectivity index (χ0v) is 15.8. The van der Waals surface area contributed by atoms with Gasteiger partial charge < -0.3 is 19.3 Å². The summed E-state index contributed by atoms with van der Waals surface area (Å²) in [5.41, 5.74) is 3.02. The van der Waals surface area contributed by atoms with E-state index in [0.29, 0.717) is 28.8 Å². The lowest BCUT2D eigenvalue weighted by Gasteiger charge is -2.24. The topological polar surface area (TPSA) is 89.7 Å². The fraction of sp³-hybridized carbons (Fsp3) is 0.350. The van der Waals surface area contributed by atoms with Crippen molar-refractivity contribution < 1.29 is 24.1 Å². The molecule has 1 N–H and O–H groups in total. The van der Waals surface area contributed by atoms with Gasteiger partial charge in [0, 0.05) is 17.7 Å². The monoisotopic (exact) mass is 370 g/mol. The Balaban J connectivity index is 2.00. The molecule has 0 fully saturated rings. The van der Waals surface area contributed by atoms with Crippen molar-refractivity contribution in [2.45, 2.75) is 13.8 Å². The second kappa shape index (κ2) is 7.75. The van der Waals surface area contributed by atoms with E-state index in [2.05, 4.69) is 9.98 Å². The van der Waals surface area contributed by atoms with Gasteiger partial charge in [0.05, 0.1) is 26.5 Å². The first kappa shape index (κ1) is 18.8. The molecule has 7 heteroatoms. The van der Waals surface area contributed by atoms with Gasteiger partial charge in [-0.1, -0.05) is 0 Å². The maximum atomic E-state index is 12.6. The number of nitrogens with zero attached hydrogens (tertiary/aromatic N) is 2. The Morgan fingerprint density at radius 3 is 2.37 bits per heavy atom. The Bertz CT molecular complexity index is 873. The number of amides is 1. The van der Waals surface area contributed by atoms with E-state index in [9.17, 15) is 4.79 Å². The molecule has 27 heavy (non-hydrogen) atoms. The Kier molecular flexibility index (Phi) is 5.41. The number of fused-ring (bicyclic) bond motifs is 1. The van der Waals surface area contributed by atoms with Gasteiger partial charge >= 0.3 is 0 Å². The lowest BCUT2D eigenvalue weighted by molar-refractivity contribution is -0.119. The van der Waals surface area contributed by atoms with E-state index in [0.717, 1.165) is 16.7 Å². The number of benzene rings is 1. The first-order valence-corrected chi connectivity index (χ1v) is 8.56. The highest BCUT2D eigenvalue weighted by Gasteiger charge is 2.35. The average Bonchev–Trinajstić information content (AvgIpc) is 2.66. The summed E-state index contributed by atoms with van der Waals surface area (Å²) in [7, 11) is 3.06. The molecule has 0 saturated carbocycles. The van der Waals surface area contributed by atoms with Crippen LogP contribution < -0.4 is 4.74 Å². The number of carbonyl (C=O) groups excluding carboxylic acids is 1. The van der Waals surface area contributed by atoms with Crippen LogP contribution in [0.2, 0.25) is 0 Å². The summed E-state index contributed by atoms with van der Waals surface area (Å²) >= 11 is 0. The number of aliphatic hydroxyl groups excluding tert-OH is 1. The minimum Gasteiger partial charge on any atom is -0.500 e. The molecule has 1 aliphatic heterocycles. The number of rotatable bonds is 6. The molecule has 7 nitrogen and oxygen atoms in total. The summed E-state index contributed by atoms with van der Waals surface area (Å²) in [4.78, 5) is 21.4. The summed E-state index contributed by atoms with van der Waals surface area (Å²) in [5, 5.41) is 8.96. The number of aliphatic imine (C=N–C) groups is 2. The van der Waals surface area contributed by atoms with Crippen LogP contribution in [0.3, 0.4) is 0 Å². The standard InChI is InChI=1S/C20H22N2O5/c1-11-7-13(8-12(2)18(11)27-6-5-23)19-21-15-9-14(25-3)10-16(26-4)17(15)20(24)22-19/h7-10,17,23H,5-6H2,1-4H3. The van der Waals surface area contributed by atoms with Crippen molar-refractivity contribution in [1.82, 2.24) is 0 Å². The summed E-state index contributed by atoms with van der Waals surface area (Å²) in [6.45, 7) is 3.97. The van der Waals surface area contributed by atoms with Crippen LogP contribution in [-0.2, 0) is 14.3 Å². The third-order valence-corrected chi connectivity index (χ3v) is 4.38. The number of aliphatic hydroxyl groups is 1. The van der Waals surface area contributed by atoms with E-state index in [1.807, 2.05) is 26.0 Å². The van der Waals surface area contributed by atoms with Crippen LogP contribution in [0.4, 0.5) is 0 Å². The number of hydrogen-bond acceptors (Lipinski definition) is 6. The predicted octanol–water partition coefficient (Wildman–Crippen LogP) is 2.09. The van der Waals surface area contributed by atoms with Gasteiger partial charge in [-0.2, -0.15) is 4.99 Å². The zero-order chi connectivity index (χ0) is 19.6. The van der Waals surface area contributed by atoms with Gasteiger partial charge in [0.25, 0.3) is 5.91 Å². The Labute approximate surface area is 157 Å². The smallest absolute Gasteiger partial charge is 0.264 e. The van der Waals surface area contributed by atoms with Crippen LogP contribution in [0.1, 0.15) is 16.7 Å². The summed E-state index contributed by atoms with van der Waals surface area (Å²) in [5.74, 6) is 1.11. The average molecular weight is 370 g/mol. The number of amidine groups is 1. The van der Waals surface area contributed by atoms with Crippen LogP contribution in [0.5, 0.6) is 5.75 Å². The fourth-order valence-corrected chi connectivity index (χ4v) is 3.18. The number of aryl methyl sites for hydroxylation is 2. The Hall–Kier alpha value is -2.93. The highest BCUT2D eigenvalue weighted by atomic mass is 16.5. The van der Waals surface area contributed by atoms with E-state index >= 15 is 0 Å². The molecule has 1 aromatic rings. The van der Waals surface area contributed by atoms with Gasteiger partial charge in [-0.15, -0.1) is 0 Å². The molecule has 1 amide bonds. The number of carbonyl (C=O) groups is 1. The van der Waals surface area contributed by atoms with E-state index in [1.165, 1.54) is 7.11 Å². The second-order valence-corrected chi connectivity index (χ2v) is 6.26. The summed E-state index contributed by atoms with van der Waals surface area (Å²) < 4.78 is 16.2. The summed E-state index contributed by atoms with van der Waals surface area (Å²) in [6, 6.07) is 3.74. The summed E-state index contributed by atoms with van der Waals surface area (Å²) in [6.07, 6.45) is 3.39. The number of methoxy groups -OCH3 is 2. The zero-order valence-electron chi connectivity index (χ0n) is 15.8. The molecule has 0 saturated heterocycles. The van der Waals surface area contributed by atoms with Crippen LogP contribution >= 0.6 is 0 Å². The van der Waals surface area contributed by atoms with Crippen molar-refractivity contribution in [1.29, 1.82) is 0 Å². The Morgan fingerprint density at radius 2 is 1.78 bits per heavy atom. The van der Waals surface area contributed by atoms with E-state index < -0.39 is 5.92 Å². The molecule has 0 bridgehead atoms. The molecule has 1 unspecified atom stereocenters. The largest absolute Gasteiger partial charge is 0.500 e. The highest BCUT2D eigenvalue weighted by Crippen LogP contribution is 2.30. The highest BCUT2D eigenvalue weighted by molar-refractivity contribution is 6.25. The van der Waals surface area contributed by atoms with Gasteiger partial charge in [0.2, 0.25) is 0 Å². The molecule has 0 radical (unpaired) electrons. The van der Waals surface area contributed by atoms with E-state index in [4.69, 9.17) is 19.3 Å². The van der Waals surface area contributed by atoms with Gasteiger partial charge in [-0.3, -0.25) is 4.79 Å². The quantitative estimate of drug-likeness (QED) is 0.828. The van der Waals surface area contributed by atoms with Crippen LogP contribution in [-0.4, -0.2) is 50.0 Å². The molecule has 1 atom stereocenters. The van der Waals surface area contributed by atoms with Crippen molar-refractivity contribution >= 4 is 17.5 Å². The first-order valence-electron chi connectivity index (χ1n) is 8.56. The molecule has 1 aromatic carbocycles. The molecule has 0 spiro atoms. The van der Waals surface area contributed by atoms with Crippen LogP contribution in [0.25, 0.3) is 0 Å². The molecular formula is C20H22N2O5. The molecule has 1 heterocycles. The third kappa shape index (κ3) is 3.64. The lowest BCUT2D eigenvalue weighted by Crippen LogP contribution is -2.32. The minimum atomic E-state index is -0.646. The van der Waals surface area contributed by atoms with Gasteiger partial charge in [-0.05, 0) is 37.1 Å². The number of ether oxygens (including phenoxy) is 3. The molecule has 2 aliphatic rings. The first-order chi connectivity index (χ1) is 13.0. The third-order valence-electron chi connectivity index (χ3n) is 4.38. The van der Waals surface area contributed by atoms with Crippen LogP contribution in [0.15, 0.2) is 45.8 Å². The van der Waals surface area contributed by atoms with Gasteiger partial charge in [0.15, 0.2) is 5.84 Å². The fourth-order valence-electron chi connectivity index (χ4n) is 3.18. The van der Waals surface area contributed by atoms with E-state index in [1.54, 1.807) is 19.3 Å². The van der Waals surface area contributed by atoms with Crippen molar-refractivity contribution in [2.75, 3.05) is 27.4 Å². The SMILES string of the molecule is COC1=CC2=NC(c3cc(C)c(OCCO)c(C)c3)=NC(=O)C2C(OC)=C1. The van der Waals surface area contributed by atoms with Gasteiger partial charge in [0.1, 0.15) is 29.8 Å². The van der Waals surface area contributed by atoms with Gasteiger partial charge in [-0.25, -0.2) is 4.99 Å². The minimum absolute atomic E-state index is 0.0552. The molecule has 0 aromatic heterocycles. The second-order valence-electron chi connectivity index (χ2n) is 6.26. The lowest BCUT2D eigenvalue weighted by atomic mass is 9.93. The molecule has 142 valence electrons. The predicted molar refractivity (Wildman–Crippen MR) is 101 cm³/mol. The normalized spacial score (nSPS) is 18.7. The van der Waals surface area contributed by atoms with Crippen molar-refractivity contribution in [3.63, 3.8) is 0 Å².